The second kappa shape index (κ2) is 3.02. The van der Waals surface area contributed by atoms with E-state index in [0.717, 1.165) is 18.4 Å². The fourth-order valence-corrected chi connectivity index (χ4v) is 2.81. The van der Waals surface area contributed by atoms with Crippen molar-refractivity contribution in [2.45, 2.75) is 45.4 Å². The van der Waals surface area contributed by atoms with Crippen molar-refractivity contribution < 1.29 is 0 Å². The van der Waals surface area contributed by atoms with E-state index < -0.39 is 0 Å². The Bertz CT molecular complexity index is 152. The molecule has 0 amide bonds. The standard InChI is InChI=1S/C11H21N/c1-9-2-4-10(5-3-9)11(8-12)6-7-11/h9-10H,2-8,12H2,1H3. The Kier molecular flexibility index (Phi) is 2.16. The molecule has 0 bridgehead atoms. The lowest BCUT2D eigenvalue weighted by molar-refractivity contribution is 0.199. The van der Waals surface area contributed by atoms with Crippen LogP contribution in [-0.4, -0.2) is 6.54 Å². The van der Waals surface area contributed by atoms with Crippen molar-refractivity contribution in [3.8, 4) is 0 Å². The first-order valence-electron chi connectivity index (χ1n) is 5.47. The minimum absolute atomic E-state index is 0.625. The minimum atomic E-state index is 0.625. The summed E-state index contributed by atoms with van der Waals surface area (Å²) in [5.74, 6) is 1.97. The van der Waals surface area contributed by atoms with E-state index in [1.807, 2.05) is 0 Å². The smallest absolute Gasteiger partial charge is 0.00179 e. The molecule has 0 unspecified atom stereocenters. The molecule has 0 atom stereocenters. The summed E-state index contributed by atoms with van der Waals surface area (Å²) >= 11 is 0. The zero-order valence-electron chi connectivity index (χ0n) is 8.18. The molecular formula is C11H21N. The van der Waals surface area contributed by atoms with E-state index >= 15 is 0 Å². The molecule has 0 aromatic carbocycles. The van der Waals surface area contributed by atoms with E-state index in [2.05, 4.69) is 6.92 Å². The largest absolute Gasteiger partial charge is 0.330 e. The third-order valence-corrected chi connectivity index (χ3v) is 4.18. The first-order valence-corrected chi connectivity index (χ1v) is 5.47. The summed E-state index contributed by atoms with van der Waals surface area (Å²) < 4.78 is 0. The van der Waals surface area contributed by atoms with Gasteiger partial charge in [-0.2, -0.15) is 0 Å². The molecule has 0 radical (unpaired) electrons. The average molecular weight is 167 g/mol. The molecule has 0 aromatic heterocycles. The van der Waals surface area contributed by atoms with Crippen LogP contribution in [0.15, 0.2) is 0 Å². The highest BCUT2D eigenvalue weighted by atomic mass is 14.7. The Hall–Kier alpha value is -0.0400. The van der Waals surface area contributed by atoms with Crippen LogP contribution in [0.4, 0.5) is 0 Å². The minimum Gasteiger partial charge on any atom is -0.330 e. The summed E-state index contributed by atoms with van der Waals surface area (Å²) in [5, 5.41) is 0. The van der Waals surface area contributed by atoms with Gasteiger partial charge in [0.05, 0.1) is 0 Å². The summed E-state index contributed by atoms with van der Waals surface area (Å²) in [6.45, 7) is 3.34. The van der Waals surface area contributed by atoms with Gasteiger partial charge in [-0.1, -0.05) is 19.8 Å². The summed E-state index contributed by atoms with van der Waals surface area (Å²) in [4.78, 5) is 0. The maximum atomic E-state index is 5.83. The lowest BCUT2D eigenvalue weighted by atomic mass is 9.74. The van der Waals surface area contributed by atoms with Gasteiger partial charge in [-0.05, 0) is 49.5 Å². The molecule has 2 N–H and O–H groups in total. The Morgan fingerprint density at radius 3 is 2.17 bits per heavy atom. The monoisotopic (exact) mass is 167 g/mol. The molecule has 2 saturated carbocycles. The third-order valence-electron chi connectivity index (χ3n) is 4.18. The van der Waals surface area contributed by atoms with Gasteiger partial charge in [0, 0.05) is 0 Å². The molecule has 2 rings (SSSR count). The number of nitrogens with two attached hydrogens (primary N) is 1. The summed E-state index contributed by atoms with van der Waals surface area (Å²) in [7, 11) is 0. The Morgan fingerprint density at radius 1 is 1.17 bits per heavy atom. The van der Waals surface area contributed by atoms with E-state index in [0.29, 0.717) is 5.41 Å². The van der Waals surface area contributed by atoms with Gasteiger partial charge in [-0.15, -0.1) is 0 Å². The summed E-state index contributed by atoms with van der Waals surface area (Å²) in [5.41, 5.74) is 6.46. The fourth-order valence-electron chi connectivity index (χ4n) is 2.81. The molecular weight excluding hydrogens is 146 g/mol. The predicted octanol–water partition coefficient (Wildman–Crippen LogP) is 2.55. The third kappa shape index (κ3) is 1.39. The van der Waals surface area contributed by atoms with Crippen molar-refractivity contribution in [3.05, 3.63) is 0 Å². The lowest BCUT2D eigenvalue weighted by Gasteiger charge is -2.32. The highest BCUT2D eigenvalue weighted by Gasteiger charge is 2.48. The second-order valence-corrected chi connectivity index (χ2v) is 5.02. The molecule has 1 heteroatoms. The quantitative estimate of drug-likeness (QED) is 0.672. The van der Waals surface area contributed by atoms with E-state index in [1.165, 1.54) is 38.5 Å². The van der Waals surface area contributed by atoms with Crippen LogP contribution in [0.25, 0.3) is 0 Å². The van der Waals surface area contributed by atoms with Crippen molar-refractivity contribution >= 4 is 0 Å². The molecule has 0 aliphatic heterocycles. The SMILES string of the molecule is CC1CCC(C2(CN)CC2)CC1. The molecule has 0 saturated heterocycles. The zero-order valence-corrected chi connectivity index (χ0v) is 8.18. The van der Waals surface area contributed by atoms with Gasteiger partial charge in [0.25, 0.3) is 0 Å². The van der Waals surface area contributed by atoms with Gasteiger partial charge in [0.2, 0.25) is 0 Å². The van der Waals surface area contributed by atoms with E-state index in [4.69, 9.17) is 5.73 Å². The molecule has 70 valence electrons. The van der Waals surface area contributed by atoms with Crippen LogP contribution in [0.5, 0.6) is 0 Å². The van der Waals surface area contributed by atoms with Crippen molar-refractivity contribution in [1.29, 1.82) is 0 Å². The first-order chi connectivity index (χ1) is 5.77. The maximum absolute atomic E-state index is 5.83. The molecule has 2 fully saturated rings. The Balaban J connectivity index is 1.89. The number of hydrogen-bond donors (Lipinski definition) is 1. The normalized spacial score (nSPS) is 39.5. The van der Waals surface area contributed by atoms with Crippen LogP contribution < -0.4 is 5.73 Å². The first kappa shape index (κ1) is 8.55. The molecule has 0 spiro atoms. The van der Waals surface area contributed by atoms with Crippen LogP contribution in [-0.2, 0) is 0 Å². The lowest BCUT2D eigenvalue weighted by Crippen LogP contribution is -2.28. The molecule has 12 heavy (non-hydrogen) atoms. The summed E-state index contributed by atoms with van der Waals surface area (Å²) in [6.07, 6.45) is 8.65. The molecule has 1 nitrogen and oxygen atoms in total. The van der Waals surface area contributed by atoms with E-state index in [-0.39, 0.29) is 0 Å². The van der Waals surface area contributed by atoms with Crippen molar-refractivity contribution in [1.82, 2.24) is 0 Å². The second-order valence-electron chi connectivity index (χ2n) is 5.02. The van der Waals surface area contributed by atoms with Gasteiger partial charge >= 0.3 is 0 Å². The van der Waals surface area contributed by atoms with Crippen LogP contribution in [0.1, 0.15) is 45.4 Å². The fraction of sp³-hybridized carbons (Fsp3) is 1.00. The molecule has 0 heterocycles. The van der Waals surface area contributed by atoms with Gasteiger partial charge in [0.1, 0.15) is 0 Å². The molecule has 0 aromatic rings. The Morgan fingerprint density at radius 2 is 1.75 bits per heavy atom. The van der Waals surface area contributed by atoms with Crippen molar-refractivity contribution in [2.75, 3.05) is 6.54 Å². The average Bonchev–Trinajstić information content (AvgIpc) is 2.86. The van der Waals surface area contributed by atoms with Gasteiger partial charge in [-0.3, -0.25) is 0 Å². The number of hydrogen-bond acceptors (Lipinski definition) is 1. The predicted molar refractivity (Wildman–Crippen MR) is 51.8 cm³/mol. The molecule has 2 aliphatic carbocycles. The highest BCUT2D eigenvalue weighted by Crippen LogP contribution is 2.55. The molecule has 2 aliphatic rings. The maximum Gasteiger partial charge on any atom is -0.00179 e. The van der Waals surface area contributed by atoms with Crippen molar-refractivity contribution in [2.24, 2.45) is 23.0 Å². The topological polar surface area (TPSA) is 26.0 Å². The van der Waals surface area contributed by atoms with E-state index in [1.54, 1.807) is 0 Å². The van der Waals surface area contributed by atoms with Crippen molar-refractivity contribution in [3.63, 3.8) is 0 Å². The van der Waals surface area contributed by atoms with Crippen LogP contribution in [0, 0.1) is 17.3 Å². The number of rotatable bonds is 2. The van der Waals surface area contributed by atoms with Gasteiger partial charge < -0.3 is 5.73 Å². The van der Waals surface area contributed by atoms with Crippen LogP contribution >= 0.6 is 0 Å². The summed E-state index contributed by atoms with van der Waals surface area (Å²) in [6, 6.07) is 0. The van der Waals surface area contributed by atoms with Gasteiger partial charge in [0.15, 0.2) is 0 Å². The van der Waals surface area contributed by atoms with Gasteiger partial charge in [-0.25, -0.2) is 0 Å². The highest BCUT2D eigenvalue weighted by molar-refractivity contribution is 5.00. The Labute approximate surface area is 75.7 Å². The van der Waals surface area contributed by atoms with E-state index in [9.17, 15) is 0 Å². The zero-order chi connectivity index (χ0) is 8.60. The van der Waals surface area contributed by atoms with Crippen LogP contribution in [0.3, 0.4) is 0 Å². The van der Waals surface area contributed by atoms with Crippen LogP contribution in [0.2, 0.25) is 0 Å².